The van der Waals surface area contributed by atoms with Crippen LogP contribution in [0.3, 0.4) is 0 Å². The number of nitriles is 1. The number of halogens is 2. The average molecular weight is 286 g/mol. The molecule has 0 aliphatic rings. The van der Waals surface area contributed by atoms with Crippen molar-refractivity contribution in [3.63, 3.8) is 0 Å². The van der Waals surface area contributed by atoms with Gasteiger partial charge in [0.25, 0.3) is 5.69 Å². The third-order valence-corrected chi connectivity index (χ3v) is 2.11. The van der Waals surface area contributed by atoms with Gasteiger partial charge in [-0.25, -0.2) is 4.79 Å². The highest BCUT2D eigenvalue weighted by Crippen LogP contribution is 2.31. The molecule has 106 valence electrons. The number of benzene rings is 1. The van der Waals surface area contributed by atoms with Crippen LogP contribution in [0, 0.1) is 21.4 Å². The number of rotatable bonds is 5. The second-order valence-corrected chi connectivity index (χ2v) is 3.34. The summed E-state index contributed by atoms with van der Waals surface area (Å²) < 4.78 is 33.3. The minimum Gasteiger partial charge on any atom is -0.462 e. The molecule has 1 rings (SSSR count). The average Bonchev–Trinajstić information content (AvgIpc) is 2.38. The molecule has 0 aliphatic carbocycles. The van der Waals surface area contributed by atoms with E-state index in [1.54, 1.807) is 0 Å². The Balaban J connectivity index is 3.48. The van der Waals surface area contributed by atoms with Crippen molar-refractivity contribution in [2.45, 2.75) is 13.5 Å². The first-order chi connectivity index (χ1) is 9.40. The Kier molecular flexibility index (Phi) is 4.91. The lowest BCUT2D eigenvalue weighted by molar-refractivity contribution is -0.384. The van der Waals surface area contributed by atoms with Crippen molar-refractivity contribution in [1.82, 2.24) is 0 Å². The molecule has 0 heterocycles. The number of ether oxygens (including phenoxy) is 2. The van der Waals surface area contributed by atoms with Crippen LogP contribution in [0.15, 0.2) is 12.1 Å². The summed E-state index contributed by atoms with van der Waals surface area (Å²) in [6.45, 7) is -1.90. The number of alkyl halides is 2. The largest absolute Gasteiger partial charge is 0.462 e. The van der Waals surface area contributed by atoms with Gasteiger partial charge in [-0.2, -0.15) is 14.0 Å². The van der Waals surface area contributed by atoms with Crippen LogP contribution in [-0.4, -0.2) is 24.1 Å². The quantitative estimate of drug-likeness (QED) is 0.467. The Hall–Kier alpha value is -2.76. The minimum absolute atomic E-state index is 0.0719. The third-order valence-electron chi connectivity index (χ3n) is 2.11. The second kappa shape index (κ2) is 6.42. The molecular weight excluding hydrogens is 278 g/mol. The fourth-order valence-corrected chi connectivity index (χ4v) is 1.38. The van der Waals surface area contributed by atoms with Crippen molar-refractivity contribution >= 4 is 11.7 Å². The van der Waals surface area contributed by atoms with Crippen molar-refractivity contribution in [3.8, 4) is 11.8 Å². The number of non-ortho nitro benzene ring substituents is 1. The molecule has 1 aromatic carbocycles. The Morgan fingerprint density at radius 2 is 2.20 bits per heavy atom. The van der Waals surface area contributed by atoms with E-state index in [-0.39, 0.29) is 6.61 Å². The number of nitro benzene ring substituents is 1. The maximum atomic E-state index is 12.3. The van der Waals surface area contributed by atoms with E-state index in [1.807, 2.05) is 0 Å². The summed E-state index contributed by atoms with van der Waals surface area (Å²) in [5, 5.41) is 19.5. The Labute approximate surface area is 111 Å². The van der Waals surface area contributed by atoms with Gasteiger partial charge in [0.2, 0.25) is 0 Å². The molecular formula is C11H8F2N2O5. The Morgan fingerprint density at radius 1 is 1.55 bits per heavy atom. The summed E-state index contributed by atoms with van der Waals surface area (Å²) in [5.74, 6) is -1.84. The summed E-state index contributed by atoms with van der Waals surface area (Å²) in [6.07, 6.45) is 0. The molecule has 0 bridgehead atoms. The van der Waals surface area contributed by atoms with Gasteiger partial charge in [0, 0.05) is 12.1 Å². The molecule has 0 aromatic heterocycles. The van der Waals surface area contributed by atoms with Crippen LogP contribution >= 0.6 is 0 Å². The van der Waals surface area contributed by atoms with Crippen molar-refractivity contribution in [3.05, 3.63) is 33.4 Å². The molecule has 0 spiro atoms. The summed E-state index contributed by atoms with van der Waals surface area (Å²) in [7, 11) is 0. The van der Waals surface area contributed by atoms with Crippen molar-refractivity contribution < 1.29 is 28.0 Å². The van der Waals surface area contributed by atoms with E-state index < -0.39 is 40.1 Å². The number of carbonyl (C=O) groups excluding carboxylic acids is 1. The normalized spacial score (nSPS) is 9.95. The van der Waals surface area contributed by atoms with Gasteiger partial charge >= 0.3 is 12.6 Å². The molecule has 0 saturated carbocycles. The van der Waals surface area contributed by atoms with Gasteiger partial charge in [0.1, 0.15) is 17.2 Å². The van der Waals surface area contributed by atoms with Crippen LogP contribution in [0.1, 0.15) is 22.8 Å². The number of carbonyl (C=O) groups is 1. The highest BCUT2D eigenvalue weighted by Gasteiger charge is 2.25. The van der Waals surface area contributed by atoms with Crippen LogP contribution in [0.4, 0.5) is 14.5 Å². The lowest BCUT2D eigenvalue weighted by Crippen LogP contribution is -2.12. The van der Waals surface area contributed by atoms with Crippen LogP contribution in [0.2, 0.25) is 0 Å². The molecule has 9 heteroatoms. The van der Waals surface area contributed by atoms with Crippen LogP contribution in [0.25, 0.3) is 0 Å². The SMILES string of the molecule is CCOC(=O)c1cc([N+](=O)[O-])cc(C#N)c1OC(F)F. The molecule has 0 aliphatic heterocycles. The third kappa shape index (κ3) is 3.38. The van der Waals surface area contributed by atoms with Crippen LogP contribution in [-0.2, 0) is 4.74 Å². The summed E-state index contributed by atoms with van der Waals surface area (Å²) in [4.78, 5) is 21.4. The maximum absolute atomic E-state index is 12.3. The zero-order chi connectivity index (χ0) is 15.3. The maximum Gasteiger partial charge on any atom is 0.387 e. The summed E-state index contributed by atoms with van der Waals surface area (Å²) in [6, 6.07) is 2.92. The van der Waals surface area contributed by atoms with Crippen LogP contribution in [0.5, 0.6) is 5.75 Å². The second-order valence-electron chi connectivity index (χ2n) is 3.34. The van der Waals surface area contributed by atoms with Crippen LogP contribution < -0.4 is 4.74 Å². The lowest BCUT2D eigenvalue weighted by atomic mass is 10.1. The molecule has 20 heavy (non-hydrogen) atoms. The molecule has 0 radical (unpaired) electrons. The Morgan fingerprint density at radius 3 is 2.65 bits per heavy atom. The van der Waals surface area contributed by atoms with Gasteiger partial charge in [-0.15, -0.1) is 0 Å². The van der Waals surface area contributed by atoms with Gasteiger partial charge in [-0.05, 0) is 6.92 Å². The van der Waals surface area contributed by atoms with E-state index >= 15 is 0 Å². The Bertz CT molecular complexity index is 583. The molecule has 0 unspecified atom stereocenters. The van der Waals surface area contributed by atoms with Crippen molar-refractivity contribution in [2.24, 2.45) is 0 Å². The molecule has 1 aromatic rings. The van der Waals surface area contributed by atoms with E-state index in [2.05, 4.69) is 9.47 Å². The molecule has 7 nitrogen and oxygen atoms in total. The first-order valence-corrected chi connectivity index (χ1v) is 5.25. The number of hydrogen-bond donors (Lipinski definition) is 0. The first kappa shape index (κ1) is 15.3. The summed E-state index contributed by atoms with van der Waals surface area (Å²) in [5.41, 5.74) is -1.76. The fraction of sp³-hybridized carbons (Fsp3) is 0.273. The zero-order valence-electron chi connectivity index (χ0n) is 10.1. The monoisotopic (exact) mass is 286 g/mol. The number of esters is 1. The van der Waals surface area contributed by atoms with E-state index in [1.165, 1.54) is 13.0 Å². The molecule has 0 saturated heterocycles. The van der Waals surface area contributed by atoms with Gasteiger partial charge in [-0.1, -0.05) is 0 Å². The topological polar surface area (TPSA) is 102 Å². The van der Waals surface area contributed by atoms with Gasteiger partial charge < -0.3 is 9.47 Å². The highest BCUT2D eigenvalue weighted by atomic mass is 19.3. The molecule has 0 fully saturated rings. The van der Waals surface area contributed by atoms with Gasteiger partial charge in [-0.3, -0.25) is 10.1 Å². The number of hydrogen-bond acceptors (Lipinski definition) is 6. The minimum atomic E-state index is -3.29. The predicted molar refractivity (Wildman–Crippen MR) is 60.4 cm³/mol. The highest BCUT2D eigenvalue weighted by molar-refractivity contribution is 5.94. The zero-order valence-corrected chi connectivity index (χ0v) is 10.1. The molecule has 0 N–H and O–H groups in total. The molecule has 0 amide bonds. The predicted octanol–water partition coefficient (Wildman–Crippen LogP) is 2.24. The van der Waals surface area contributed by atoms with Gasteiger partial charge in [0.05, 0.1) is 11.5 Å². The van der Waals surface area contributed by atoms with E-state index in [0.717, 1.165) is 12.1 Å². The van der Waals surface area contributed by atoms with E-state index in [0.29, 0.717) is 0 Å². The van der Waals surface area contributed by atoms with Gasteiger partial charge in [0.15, 0.2) is 5.75 Å². The molecule has 0 atom stereocenters. The fourth-order valence-electron chi connectivity index (χ4n) is 1.38. The van der Waals surface area contributed by atoms with E-state index in [9.17, 15) is 23.7 Å². The smallest absolute Gasteiger partial charge is 0.387 e. The first-order valence-electron chi connectivity index (χ1n) is 5.25. The standard InChI is InChI=1S/C11H8F2N2O5/c1-2-19-10(16)8-4-7(15(17)18)3-6(5-14)9(8)20-11(12)13/h3-4,11H,2H2,1H3. The van der Waals surface area contributed by atoms with Crippen molar-refractivity contribution in [1.29, 1.82) is 5.26 Å². The summed E-state index contributed by atoms with van der Waals surface area (Å²) >= 11 is 0. The number of nitro groups is 1. The van der Waals surface area contributed by atoms with E-state index in [4.69, 9.17) is 5.26 Å². The van der Waals surface area contributed by atoms with Crippen molar-refractivity contribution in [2.75, 3.05) is 6.61 Å². The lowest BCUT2D eigenvalue weighted by Gasteiger charge is -2.11. The number of nitrogens with zero attached hydrogens (tertiary/aromatic N) is 2.